The third kappa shape index (κ3) is 2.40. The zero-order chi connectivity index (χ0) is 15.7. The van der Waals surface area contributed by atoms with Gasteiger partial charge in [0.15, 0.2) is 0 Å². The maximum absolute atomic E-state index is 13.5. The summed E-state index contributed by atoms with van der Waals surface area (Å²) in [6.45, 7) is 1.01. The van der Waals surface area contributed by atoms with Crippen molar-refractivity contribution in [2.24, 2.45) is 0 Å². The van der Waals surface area contributed by atoms with Crippen LogP contribution < -0.4 is 10.1 Å². The molecule has 1 saturated heterocycles. The Kier molecular flexibility index (Phi) is 3.92. The lowest BCUT2D eigenvalue weighted by Crippen LogP contribution is -2.68. The van der Waals surface area contributed by atoms with Gasteiger partial charge in [0.05, 0.1) is 12.6 Å². The normalized spacial score (nSPS) is 26.2. The molecular formula is C15H19FN2O4. The zero-order valence-electron chi connectivity index (χ0n) is 12.6. The van der Waals surface area contributed by atoms with Crippen molar-refractivity contribution in [2.45, 2.75) is 18.2 Å². The lowest BCUT2D eigenvalue weighted by Gasteiger charge is -2.51. The fourth-order valence-corrected chi connectivity index (χ4v) is 3.15. The number of nitrogens with zero attached hydrogens (tertiary/aromatic N) is 1. The largest absolute Gasteiger partial charge is 0.465 e. The Morgan fingerprint density at radius 2 is 2.27 bits per heavy atom. The van der Waals surface area contributed by atoms with Crippen molar-refractivity contribution in [2.75, 3.05) is 34.0 Å². The highest BCUT2D eigenvalue weighted by atomic mass is 19.1. The fourth-order valence-electron chi connectivity index (χ4n) is 3.15. The Morgan fingerprint density at radius 1 is 1.45 bits per heavy atom. The molecule has 2 heterocycles. The molecule has 0 spiro atoms. The summed E-state index contributed by atoms with van der Waals surface area (Å²) in [5, 5.41) is 2.90. The molecule has 2 amide bonds. The summed E-state index contributed by atoms with van der Waals surface area (Å²) < 4.78 is 29.9. The van der Waals surface area contributed by atoms with E-state index in [1.54, 1.807) is 25.2 Å². The molecule has 2 bridgehead atoms. The van der Waals surface area contributed by atoms with E-state index in [9.17, 15) is 9.18 Å². The molecule has 22 heavy (non-hydrogen) atoms. The Bertz CT molecular complexity index is 583. The van der Waals surface area contributed by atoms with Crippen LogP contribution in [0.2, 0.25) is 0 Å². The molecule has 2 unspecified atom stereocenters. The molecule has 120 valence electrons. The van der Waals surface area contributed by atoms with E-state index in [4.69, 9.17) is 14.2 Å². The minimum atomic E-state index is -0.898. The van der Waals surface area contributed by atoms with Crippen molar-refractivity contribution in [3.63, 3.8) is 0 Å². The van der Waals surface area contributed by atoms with E-state index in [1.807, 2.05) is 0 Å². The molecule has 7 heteroatoms. The average molecular weight is 310 g/mol. The van der Waals surface area contributed by atoms with Crippen LogP contribution in [0.25, 0.3) is 0 Å². The molecule has 0 aromatic heterocycles. The summed E-state index contributed by atoms with van der Waals surface area (Å²) in [6, 6.07) is 3.79. The fraction of sp³-hybridized carbons (Fsp3) is 0.533. The lowest BCUT2D eigenvalue weighted by molar-refractivity contribution is -0.138. The number of hydrogen-bond donors (Lipinski definition) is 1. The predicted octanol–water partition coefficient (Wildman–Crippen LogP) is 1.66. The first-order valence-corrected chi connectivity index (χ1v) is 7.14. The van der Waals surface area contributed by atoms with E-state index in [-0.39, 0.29) is 24.5 Å². The van der Waals surface area contributed by atoms with Crippen molar-refractivity contribution >= 4 is 6.03 Å². The lowest BCUT2D eigenvalue weighted by atomic mass is 9.89. The summed E-state index contributed by atoms with van der Waals surface area (Å²) in [5.41, 5.74) is -0.239. The summed E-state index contributed by atoms with van der Waals surface area (Å²) in [4.78, 5) is 14.0. The standard InChI is InChI=1S/C15H19FN2O4/c1-20-6-5-18-14(19)17-12-8-15(18,9-21-2)22-13-4-3-10(16)7-11(12)13/h3-4,7,12H,5-6,8-9H2,1-2H3,(H,17,19). The Hall–Kier alpha value is -1.86. The number of halogens is 1. The van der Waals surface area contributed by atoms with Gasteiger partial charge in [0.25, 0.3) is 0 Å². The van der Waals surface area contributed by atoms with Crippen LogP contribution in [0.5, 0.6) is 5.75 Å². The van der Waals surface area contributed by atoms with E-state index in [2.05, 4.69) is 5.32 Å². The number of carbonyl (C=O) groups excluding carboxylic acids is 1. The molecular weight excluding hydrogens is 291 g/mol. The minimum Gasteiger partial charge on any atom is -0.465 e. The first kappa shape index (κ1) is 15.1. The zero-order valence-corrected chi connectivity index (χ0v) is 12.6. The molecule has 1 N–H and O–H groups in total. The number of urea groups is 1. The number of nitrogens with one attached hydrogen (secondary N) is 1. The summed E-state index contributed by atoms with van der Waals surface area (Å²) in [6.07, 6.45) is 0.493. The molecule has 0 radical (unpaired) electrons. The van der Waals surface area contributed by atoms with Crippen molar-refractivity contribution in [3.8, 4) is 5.75 Å². The number of amides is 2. The SMILES string of the molecule is COCCN1C(=O)NC2CC1(COC)Oc1ccc(F)cc12. The van der Waals surface area contributed by atoms with Crippen LogP contribution in [0, 0.1) is 5.82 Å². The molecule has 0 saturated carbocycles. The van der Waals surface area contributed by atoms with Crippen LogP contribution in [0.15, 0.2) is 18.2 Å². The molecule has 6 nitrogen and oxygen atoms in total. The van der Waals surface area contributed by atoms with Crippen LogP contribution in [-0.4, -0.2) is 50.6 Å². The third-order valence-electron chi connectivity index (χ3n) is 4.09. The van der Waals surface area contributed by atoms with Crippen LogP contribution in [0.1, 0.15) is 18.0 Å². The van der Waals surface area contributed by atoms with Gasteiger partial charge >= 0.3 is 6.03 Å². The first-order chi connectivity index (χ1) is 10.6. The van der Waals surface area contributed by atoms with Crippen LogP contribution in [0.4, 0.5) is 9.18 Å². The highest BCUT2D eigenvalue weighted by Crippen LogP contribution is 2.44. The second-order valence-corrected chi connectivity index (χ2v) is 5.51. The summed E-state index contributed by atoms with van der Waals surface area (Å²) >= 11 is 0. The predicted molar refractivity (Wildman–Crippen MR) is 76.1 cm³/mol. The van der Waals surface area contributed by atoms with Gasteiger partial charge in [-0.05, 0) is 18.2 Å². The Labute approximate surface area is 128 Å². The van der Waals surface area contributed by atoms with Crippen LogP contribution in [-0.2, 0) is 9.47 Å². The number of benzene rings is 1. The highest BCUT2D eigenvalue weighted by molar-refractivity contribution is 5.77. The second-order valence-electron chi connectivity index (χ2n) is 5.51. The molecule has 2 aliphatic rings. The number of rotatable bonds is 5. The van der Waals surface area contributed by atoms with Crippen molar-refractivity contribution < 1.29 is 23.4 Å². The molecule has 1 fully saturated rings. The number of fused-ring (bicyclic) bond motifs is 4. The molecule has 3 rings (SSSR count). The van der Waals surface area contributed by atoms with E-state index >= 15 is 0 Å². The van der Waals surface area contributed by atoms with Crippen molar-refractivity contribution in [3.05, 3.63) is 29.6 Å². The van der Waals surface area contributed by atoms with Gasteiger partial charge in [0.2, 0.25) is 5.72 Å². The van der Waals surface area contributed by atoms with E-state index < -0.39 is 5.72 Å². The van der Waals surface area contributed by atoms with Gasteiger partial charge in [0, 0.05) is 32.7 Å². The number of methoxy groups -OCH3 is 2. The Balaban J connectivity index is 2.00. The molecule has 0 aliphatic carbocycles. The first-order valence-electron chi connectivity index (χ1n) is 7.14. The highest BCUT2D eigenvalue weighted by Gasteiger charge is 2.52. The maximum Gasteiger partial charge on any atom is 0.321 e. The van der Waals surface area contributed by atoms with E-state index in [0.717, 1.165) is 0 Å². The van der Waals surface area contributed by atoms with Gasteiger partial charge in [-0.1, -0.05) is 0 Å². The monoisotopic (exact) mass is 310 g/mol. The average Bonchev–Trinajstić information content (AvgIpc) is 2.48. The van der Waals surface area contributed by atoms with Gasteiger partial charge < -0.3 is 19.5 Å². The molecule has 2 aliphatic heterocycles. The summed E-state index contributed by atoms with van der Waals surface area (Å²) in [5.74, 6) is 0.217. The van der Waals surface area contributed by atoms with E-state index in [0.29, 0.717) is 30.9 Å². The third-order valence-corrected chi connectivity index (χ3v) is 4.09. The van der Waals surface area contributed by atoms with Gasteiger partial charge in [-0.15, -0.1) is 0 Å². The minimum absolute atomic E-state index is 0.234. The van der Waals surface area contributed by atoms with Gasteiger partial charge in [0.1, 0.15) is 18.2 Å². The summed E-state index contributed by atoms with van der Waals surface area (Å²) in [7, 11) is 3.14. The topological polar surface area (TPSA) is 60.0 Å². The quantitative estimate of drug-likeness (QED) is 0.898. The Morgan fingerprint density at radius 3 is 3.00 bits per heavy atom. The molecule has 2 atom stereocenters. The van der Waals surface area contributed by atoms with Crippen molar-refractivity contribution in [1.29, 1.82) is 0 Å². The smallest absolute Gasteiger partial charge is 0.321 e. The number of ether oxygens (including phenoxy) is 3. The number of carbonyl (C=O) groups is 1. The van der Waals surface area contributed by atoms with Crippen LogP contribution in [0.3, 0.4) is 0 Å². The van der Waals surface area contributed by atoms with Crippen LogP contribution >= 0.6 is 0 Å². The molecule has 1 aromatic rings. The van der Waals surface area contributed by atoms with Gasteiger partial charge in [-0.3, -0.25) is 4.90 Å². The van der Waals surface area contributed by atoms with Gasteiger partial charge in [-0.2, -0.15) is 0 Å². The number of hydrogen-bond acceptors (Lipinski definition) is 4. The second kappa shape index (κ2) is 5.73. The maximum atomic E-state index is 13.5. The van der Waals surface area contributed by atoms with Gasteiger partial charge in [-0.25, -0.2) is 9.18 Å². The van der Waals surface area contributed by atoms with E-state index in [1.165, 1.54) is 12.1 Å². The van der Waals surface area contributed by atoms with Crippen molar-refractivity contribution in [1.82, 2.24) is 10.2 Å². The molecule has 1 aromatic carbocycles.